The van der Waals surface area contributed by atoms with E-state index in [4.69, 9.17) is 0 Å². The molecule has 0 bridgehead atoms. The summed E-state index contributed by atoms with van der Waals surface area (Å²) >= 11 is 0. The fourth-order valence-corrected chi connectivity index (χ4v) is 1.54. The highest BCUT2D eigenvalue weighted by Gasteiger charge is 2.44. The van der Waals surface area contributed by atoms with Gasteiger partial charge in [-0.1, -0.05) is 0 Å². The second-order valence-electron chi connectivity index (χ2n) is 3.85. The Morgan fingerprint density at radius 3 is 1.67 bits per heavy atom. The molecule has 1 aliphatic rings. The van der Waals surface area contributed by atoms with E-state index in [1.54, 1.807) is 0 Å². The van der Waals surface area contributed by atoms with Crippen LogP contribution in [0.25, 0.3) is 0 Å². The Morgan fingerprint density at radius 2 is 1.29 bits per heavy atom. The van der Waals surface area contributed by atoms with Gasteiger partial charge in [-0.05, 0) is 0 Å². The Kier molecular flexibility index (Phi) is 3.38. The van der Waals surface area contributed by atoms with Crippen LogP contribution in [0, 0.1) is 29.1 Å². The molecule has 0 N–H and O–H groups in total. The van der Waals surface area contributed by atoms with E-state index in [0.717, 1.165) is 0 Å². The smallest absolute Gasteiger partial charge is 0.272 e. The molecule has 3 nitrogen and oxygen atoms in total. The van der Waals surface area contributed by atoms with Gasteiger partial charge in [0, 0.05) is 0 Å². The summed E-state index contributed by atoms with van der Waals surface area (Å²) in [6, 6.07) is 0. The Hall–Kier alpha value is -2.20. The minimum Gasteiger partial charge on any atom is -0.272 e. The summed E-state index contributed by atoms with van der Waals surface area (Å²) in [6.45, 7) is 0. The molecule has 0 atom stereocenters. The van der Waals surface area contributed by atoms with Gasteiger partial charge in [0.05, 0.1) is 6.42 Å². The Labute approximate surface area is 110 Å². The molecule has 0 aromatic heterocycles. The van der Waals surface area contributed by atoms with E-state index in [0.29, 0.717) is 0 Å². The number of hydrogen-bond acceptors (Lipinski definition) is 2. The first-order valence-electron chi connectivity index (χ1n) is 5.04. The van der Waals surface area contributed by atoms with Crippen molar-refractivity contribution in [3.05, 3.63) is 29.1 Å². The minimum absolute atomic E-state index is 0.487. The van der Waals surface area contributed by atoms with Crippen LogP contribution >= 0.6 is 0 Å². The summed E-state index contributed by atoms with van der Waals surface area (Å²) < 4.78 is 102. The zero-order chi connectivity index (χ0) is 16.1. The van der Waals surface area contributed by atoms with Crippen molar-refractivity contribution in [2.75, 3.05) is 5.01 Å². The molecule has 1 aromatic carbocycles. The fourth-order valence-electron chi connectivity index (χ4n) is 1.54. The monoisotopic (exact) mass is 318 g/mol. The van der Waals surface area contributed by atoms with Crippen molar-refractivity contribution >= 4 is 17.3 Å². The van der Waals surface area contributed by atoms with Gasteiger partial charge in [0.25, 0.3) is 5.91 Å². The number of hydrazone groups is 1. The van der Waals surface area contributed by atoms with Crippen LogP contribution in [0.15, 0.2) is 5.10 Å². The molecular weight excluding hydrogens is 316 g/mol. The number of alkyl halides is 3. The number of benzene rings is 1. The summed E-state index contributed by atoms with van der Waals surface area (Å²) in [5, 5.41) is 2.10. The van der Waals surface area contributed by atoms with E-state index in [1.165, 1.54) is 0 Å². The van der Waals surface area contributed by atoms with Gasteiger partial charge < -0.3 is 0 Å². The zero-order valence-electron chi connectivity index (χ0n) is 9.53. The molecule has 2 rings (SSSR count). The molecule has 0 spiro atoms. The fraction of sp³-hybridized carbons (Fsp3) is 0.200. The molecule has 0 saturated heterocycles. The molecule has 1 aromatic rings. The van der Waals surface area contributed by atoms with Crippen molar-refractivity contribution < 1.29 is 39.9 Å². The molecule has 0 aliphatic carbocycles. The topological polar surface area (TPSA) is 32.7 Å². The number of rotatable bonds is 1. The number of nitrogens with zero attached hydrogens (tertiary/aromatic N) is 2. The van der Waals surface area contributed by atoms with Crippen LogP contribution in [0.2, 0.25) is 0 Å². The molecule has 0 fully saturated rings. The van der Waals surface area contributed by atoms with Gasteiger partial charge in [-0.25, -0.2) is 22.0 Å². The maximum atomic E-state index is 13.4. The van der Waals surface area contributed by atoms with E-state index < -0.39 is 64.0 Å². The average molecular weight is 318 g/mol. The van der Waals surface area contributed by atoms with Gasteiger partial charge in [0.15, 0.2) is 29.0 Å². The van der Waals surface area contributed by atoms with E-state index in [1.807, 2.05) is 0 Å². The third-order valence-electron chi connectivity index (χ3n) is 2.50. The van der Waals surface area contributed by atoms with Crippen LogP contribution in [0.5, 0.6) is 0 Å². The van der Waals surface area contributed by atoms with Gasteiger partial charge >= 0.3 is 6.18 Å². The first-order valence-corrected chi connectivity index (χ1v) is 5.04. The predicted molar refractivity (Wildman–Crippen MR) is 51.8 cm³/mol. The summed E-state index contributed by atoms with van der Waals surface area (Å²) in [7, 11) is 0. The van der Waals surface area contributed by atoms with Crippen LogP contribution < -0.4 is 5.01 Å². The van der Waals surface area contributed by atoms with Crippen LogP contribution in [-0.2, 0) is 4.79 Å². The Morgan fingerprint density at radius 1 is 0.857 bits per heavy atom. The van der Waals surface area contributed by atoms with Gasteiger partial charge in [0.1, 0.15) is 5.69 Å². The Balaban J connectivity index is 2.63. The summed E-state index contributed by atoms with van der Waals surface area (Å²) in [5.41, 5.74) is -3.56. The van der Waals surface area contributed by atoms with Crippen LogP contribution in [0.3, 0.4) is 0 Å². The van der Waals surface area contributed by atoms with Crippen LogP contribution in [0.4, 0.5) is 40.8 Å². The molecule has 1 amide bonds. The predicted octanol–water partition coefficient (Wildman–Crippen LogP) is 3.04. The lowest BCUT2D eigenvalue weighted by Gasteiger charge is -2.14. The molecule has 0 unspecified atom stereocenters. The Bertz CT molecular complexity index is 637. The third kappa shape index (κ3) is 2.32. The number of anilines is 1. The molecule has 0 saturated carbocycles. The lowest BCUT2D eigenvalue weighted by molar-refractivity contribution is -0.117. The average Bonchev–Trinajstić information content (AvgIpc) is 2.77. The van der Waals surface area contributed by atoms with Gasteiger partial charge in [-0.2, -0.15) is 23.3 Å². The second kappa shape index (κ2) is 4.67. The van der Waals surface area contributed by atoms with E-state index in [2.05, 4.69) is 5.10 Å². The van der Waals surface area contributed by atoms with Crippen molar-refractivity contribution in [1.29, 1.82) is 0 Å². The molecule has 21 heavy (non-hydrogen) atoms. The number of halogens is 8. The lowest BCUT2D eigenvalue weighted by atomic mass is 10.2. The molecule has 114 valence electrons. The van der Waals surface area contributed by atoms with Gasteiger partial charge in [-0.3, -0.25) is 4.79 Å². The van der Waals surface area contributed by atoms with Gasteiger partial charge in [0.2, 0.25) is 5.82 Å². The number of amides is 1. The van der Waals surface area contributed by atoms with Crippen molar-refractivity contribution in [1.82, 2.24) is 0 Å². The van der Waals surface area contributed by atoms with Crippen molar-refractivity contribution in [2.45, 2.75) is 12.6 Å². The minimum atomic E-state index is -5.07. The molecule has 1 aliphatic heterocycles. The summed E-state index contributed by atoms with van der Waals surface area (Å²) in [6.07, 6.45) is -6.45. The highest BCUT2D eigenvalue weighted by atomic mass is 19.4. The lowest BCUT2D eigenvalue weighted by Crippen LogP contribution is -2.24. The van der Waals surface area contributed by atoms with Crippen LogP contribution in [0.1, 0.15) is 6.42 Å². The van der Waals surface area contributed by atoms with Crippen molar-refractivity contribution in [3.63, 3.8) is 0 Å². The maximum absolute atomic E-state index is 13.4. The highest BCUT2D eigenvalue weighted by Crippen LogP contribution is 2.34. The molecule has 1 heterocycles. The number of hydrogen-bond donors (Lipinski definition) is 0. The number of carbonyl (C=O) groups excluding carboxylic acids is 1. The van der Waals surface area contributed by atoms with E-state index in [9.17, 15) is 39.9 Å². The molecule has 11 heteroatoms. The first-order chi connectivity index (χ1) is 9.55. The first kappa shape index (κ1) is 15.2. The number of carbonyl (C=O) groups is 1. The van der Waals surface area contributed by atoms with Crippen LogP contribution in [-0.4, -0.2) is 17.8 Å². The quantitative estimate of drug-likeness (QED) is 0.445. The zero-order valence-corrected chi connectivity index (χ0v) is 9.53. The SMILES string of the molecule is O=C1CC(C(F)(F)F)=NN1c1c(F)c(F)c(F)c(F)c1F. The highest BCUT2D eigenvalue weighted by molar-refractivity contribution is 6.14. The molecule has 0 radical (unpaired) electrons. The third-order valence-corrected chi connectivity index (χ3v) is 2.50. The van der Waals surface area contributed by atoms with Crippen molar-refractivity contribution in [3.8, 4) is 0 Å². The van der Waals surface area contributed by atoms with Gasteiger partial charge in [-0.15, -0.1) is 0 Å². The largest absolute Gasteiger partial charge is 0.431 e. The summed E-state index contributed by atoms with van der Waals surface area (Å²) in [4.78, 5) is 11.3. The molecular formula is C10H2F8N2O. The van der Waals surface area contributed by atoms with E-state index in [-0.39, 0.29) is 0 Å². The summed E-state index contributed by atoms with van der Waals surface area (Å²) in [5.74, 6) is -13.8. The van der Waals surface area contributed by atoms with Crippen molar-refractivity contribution in [2.24, 2.45) is 5.10 Å². The normalized spacial score (nSPS) is 15.7. The maximum Gasteiger partial charge on any atom is 0.431 e. The van der Waals surface area contributed by atoms with E-state index >= 15 is 0 Å². The standard InChI is InChI=1S/C10H2F8N2O/c11-4-5(12)7(14)9(8(15)6(4)13)20-3(21)1-2(19-20)10(16,17)18/h1H2. The second-order valence-corrected chi connectivity index (χ2v) is 3.85.